The molecule has 26 heavy (non-hydrogen) atoms. The van der Waals surface area contributed by atoms with Gasteiger partial charge in [-0.15, -0.1) is 10.2 Å². The zero-order chi connectivity index (χ0) is 19.1. The maximum Gasteiger partial charge on any atom is 0.277 e. The standard InChI is InChI=1S/C17H20N4O4S/c1-11(16(22)21(2)7-5-6-18)26-17-20-19-15(25-17)12-8-13(23-3)10-14(9-12)24-4/h8-11H,5,7H2,1-4H3/t11-/m0/s1. The van der Waals surface area contributed by atoms with Crippen LogP contribution in [0.25, 0.3) is 11.5 Å². The third kappa shape index (κ3) is 4.89. The molecule has 0 fully saturated rings. The summed E-state index contributed by atoms with van der Waals surface area (Å²) < 4.78 is 16.1. The van der Waals surface area contributed by atoms with Crippen LogP contribution in [0.4, 0.5) is 0 Å². The topological polar surface area (TPSA) is 101 Å². The molecule has 8 nitrogen and oxygen atoms in total. The first-order valence-electron chi connectivity index (χ1n) is 7.84. The molecule has 1 atom stereocenters. The van der Waals surface area contributed by atoms with Crippen LogP contribution in [0, 0.1) is 11.3 Å². The number of thioether (sulfide) groups is 1. The lowest BCUT2D eigenvalue weighted by atomic mass is 10.2. The van der Waals surface area contributed by atoms with Gasteiger partial charge in [-0.25, -0.2) is 0 Å². The maximum absolute atomic E-state index is 12.3. The number of carbonyl (C=O) groups is 1. The molecule has 2 aromatic rings. The molecule has 0 N–H and O–H groups in total. The van der Waals surface area contributed by atoms with E-state index in [-0.39, 0.29) is 11.1 Å². The van der Waals surface area contributed by atoms with Crippen LogP contribution in [0.5, 0.6) is 11.5 Å². The van der Waals surface area contributed by atoms with Crippen molar-refractivity contribution in [2.75, 3.05) is 27.8 Å². The predicted octanol–water partition coefficient (Wildman–Crippen LogP) is 2.61. The first-order chi connectivity index (χ1) is 12.5. The summed E-state index contributed by atoms with van der Waals surface area (Å²) >= 11 is 1.17. The molecular weight excluding hydrogens is 356 g/mol. The summed E-state index contributed by atoms with van der Waals surface area (Å²) in [6.45, 7) is 2.15. The number of rotatable bonds is 8. The molecule has 1 aromatic heterocycles. The van der Waals surface area contributed by atoms with E-state index >= 15 is 0 Å². The van der Waals surface area contributed by atoms with Gasteiger partial charge < -0.3 is 18.8 Å². The number of amides is 1. The number of benzene rings is 1. The Morgan fingerprint density at radius 1 is 1.31 bits per heavy atom. The number of nitriles is 1. The molecule has 2 rings (SSSR count). The van der Waals surface area contributed by atoms with Crippen molar-refractivity contribution in [1.82, 2.24) is 15.1 Å². The molecule has 138 valence electrons. The highest BCUT2D eigenvalue weighted by Crippen LogP contribution is 2.31. The summed E-state index contributed by atoms with van der Waals surface area (Å²) in [5.41, 5.74) is 0.658. The largest absolute Gasteiger partial charge is 0.497 e. The Bertz CT molecular complexity index is 780. The lowest BCUT2D eigenvalue weighted by molar-refractivity contribution is -0.128. The Morgan fingerprint density at radius 3 is 2.54 bits per heavy atom. The normalized spacial score (nSPS) is 11.5. The van der Waals surface area contributed by atoms with E-state index < -0.39 is 5.25 Å². The summed E-state index contributed by atoms with van der Waals surface area (Å²) in [5.74, 6) is 1.42. The fraction of sp³-hybridized carbons (Fsp3) is 0.412. The minimum Gasteiger partial charge on any atom is -0.497 e. The van der Waals surface area contributed by atoms with Crippen molar-refractivity contribution in [2.45, 2.75) is 23.8 Å². The number of ether oxygens (including phenoxy) is 2. The molecule has 0 aliphatic rings. The number of hydrogen-bond acceptors (Lipinski definition) is 8. The van der Waals surface area contributed by atoms with Gasteiger partial charge in [0.25, 0.3) is 5.22 Å². The molecule has 1 heterocycles. The Balaban J connectivity index is 2.10. The predicted molar refractivity (Wildman–Crippen MR) is 96.0 cm³/mol. The zero-order valence-corrected chi connectivity index (χ0v) is 15.9. The summed E-state index contributed by atoms with van der Waals surface area (Å²) in [6.07, 6.45) is 0.294. The molecule has 0 spiro atoms. The van der Waals surface area contributed by atoms with Crippen LogP contribution in [0.2, 0.25) is 0 Å². The lowest BCUT2D eigenvalue weighted by Gasteiger charge is -2.18. The van der Waals surface area contributed by atoms with E-state index in [4.69, 9.17) is 19.2 Å². The van der Waals surface area contributed by atoms with Crippen LogP contribution < -0.4 is 9.47 Å². The van der Waals surface area contributed by atoms with Crippen molar-refractivity contribution in [3.63, 3.8) is 0 Å². The van der Waals surface area contributed by atoms with Gasteiger partial charge in [0.2, 0.25) is 11.8 Å². The van der Waals surface area contributed by atoms with Crippen LogP contribution in [0.3, 0.4) is 0 Å². The molecule has 0 radical (unpaired) electrons. The summed E-state index contributed by atoms with van der Waals surface area (Å²) in [6, 6.07) is 7.28. The van der Waals surface area contributed by atoms with Crippen molar-refractivity contribution < 1.29 is 18.7 Å². The van der Waals surface area contributed by atoms with Gasteiger partial charge in [-0.05, 0) is 19.1 Å². The number of carbonyl (C=O) groups excluding carboxylic acids is 1. The molecule has 0 aliphatic carbocycles. The average molecular weight is 376 g/mol. The molecule has 0 bridgehead atoms. The fourth-order valence-electron chi connectivity index (χ4n) is 2.14. The lowest BCUT2D eigenvalue weighted by Crippen LogP contribution is -2.33. The molecule has 0 unspecified atom stereocenters. The van der Waals surface area contributed by atoms with E-state index in [1.54, 1.807) is 46.4 Å². The molecule has 0 aliphatic heterocycles. The van der Waals surface area contributed by atoms with E-state index in [0.717, 1.165) is 0 Å². The number of nitrogens with zero attached hydrogens (tertiary/aromatic N) is 4. The van der Waals surface area contributed by atoms with Gasteiger partial charge in [-0.1, -0.05) is 11.8 Å². The third-order valence-corrected chi connectivity index (χ3v) is 4.49. The van der Waals surface area contributed by atoms with E-state index in [0.29, 0.717) is 35.9 Å². The van der Waals surface area contributed by atoms with Gasteiger partial charge >= 0.3 is 0 Å². The van der Waals surface area contributed by atoms with E-state index in [1.807, 2.05) is 6.07 Å². The fourth-order valence-corrected chi connectivity index (χ4v) is 2.94. The van der Waals surface area contributed by atoms with E-state index in [9.17, 15) is 4.79 Å². The quantitative estimate of drug-likeness (QED) is 0.648. The Hall–Kier alpha value is -2.73. The first-order valence-corrected chi connectivity index (χ1v) is 8.72. The Morgan fingerprint density at radius 2 is 1.96 bits per heavy atom. The van der Waals surface area contributed by atoms with Crippen LogP contribution in [0.15, 0.2) is 27.8 Å². The second-order valence-electron chi connectivity index (χ2n) is 5.40. The summed E-state index contributed by atoms with van der Waals surface area (Å²) in [5, 5.41) is 16.5. The minimum absolute atomic E-state index is 0.104. The number of aromatic nitrogens is 2. The van der Waals surface area contributed by atoms with Gasteiger partial charge in [0, 0.05) is 25.2 Å². The van der Waals surface area contributed by atoms with Crippen molar-refractivity contribution >= 4 is 17.7 Å². The molecule has 0 saturated carbocycles. The number of methoxy groups -OCH3 is 2. The molecule has 0 saturated heterocycles. The van der Waals surface area contributed by atoms with Gasteiger partial charge in [-0.3, -0.25) is 4.79 Å². The highest BCUT2D eigenvalue weighted by molar-refractivity contribution is 8.00. The van der Waals surface area contributed by atoms with Crippen LogP contribution >= 0.6 is 11.8 Å². The second-order valence-corrected chi connectivity index (χ2v) is 6.69. The summed E-state index contributed by atoms with van der Waals surface area (Å²) in [7, 11) is 4.78. The maximum atomic E-state index is 12.3. The van der Waals surface area contributed by atoms with Crippen molar-refractivity contribution in [1.29, 1.82) is 5.26 Å². The van der Waals surface area contributed by atoms with E-state index in [1.165, 1.54) is 16.7 Å². The minimum atomic E-state index is -0.410. The molecule has 9 heteroatoms. The first kappa shape index (κ1) is 19.6. The van der Waals surface area contributed by atoms with Crippen molar-refractivity contribution in [3.8, 4) is 29.0 Å². The zero-order valence-electron chi connectivity index (χ0n) is 15.1. The number of hydrogen-bond donors (Lipinski definition) is 0. The molecule has 1 aromatic carbocycles. The van der Waals surface area contributed by atoms with Crippen molar-refractivity contribution in [2.24, 2.45) is 0 Å². The average Bonchev–Trinajstić information content (AvgIpc) is 3.13. The van der Waals surface area contributed by atoms with Crippen LogP contribution in [-0.4, -0.2) is 54.1 Å². The Labute approximate surface area is 156 Å². The van der Waals surface area contributed by atoms with Gasteiger partial charge in [0.05, 0.1) is 32.0 Å². The highest BCUT2D eigenvalue weighted by Gasteiger charge is 2.22. The van der Waals surface area contributed by atoms with Crippen molar-refractivity contribution in [3.05, 3.63) is 18.2 Å². The molecular formula is C17H20N4O4S. The monoisotopic (exact) mass is 376 g/mol. The van der Waals surface area contributed by atoms with Crippen LogP contribution in [0.1, 0.15) is 13.3 Å². The smallest absolute Gasteiger partial charge is 0.277 e. The highest BCUT2D eigenvalue weighted by atomic mass is 32.2. The van der Waals surface area contributed by atoms with Gasteiger partial charge in [0.15, 0.2) is 0 Å². The van der Waals surface area contributed by atoms with Gasteiger partial charge in [0.1, 0.15) is 11.5 Å². The van der Waals surface area contributed by atoms with E-state index in [2.05, 4.69) is 10.2 Å². The second kappa shape index (κ2) is 9.10. The van der Waals surface area contributed by atoms with Crippen LogP contribution in [-0.2, 0) is 4.79 Å². The third-order valence-electron chi connectivity index (χ3n) is 3.57. The Kier molecular flexibility index (Phi) is 6.86. The molecule has 1 amide bonds. The van der Waals surface area contributed by atoms with Gasteiger partial charge in [-0.2, -0.15) is 5.26 Å². The SMILES string of the molecule is COc1cc(OC)cc(-c2nnc(S[C@@H](C)C(=O)N(C)CCC#N)o2)c1. The summed E-state index contributed by atoms with van der Waals surface area (Å²) in [4.78, 5) is 13.8.